The number of hydrogen-bond donors (Lipinski definition) is 1. The number of aryl methyl sites for hydroxylation is 1. The fraction of sp³-hybridized carbons (Fsp3) is 0.176. The lowest BCUT2D eigenvalue weighted by atomic mass is 10.2. The summed E-state index contributed by atoms with van der Waals surface area (Å²) in [6.45, 7) is 1.00. The molecular weight excluding hydrogens is 382 g/mol. The molecule has 2 aromatic rings. The number of amides is 1. The van der Waals surface area contributed by atoms with Gasteiger partial charge in [-0.1, -0.05) is 0 Å². The number of halogens is 2. The molecule has 0 aliphatic heterocycles. The molecule has 7 nitrogen and oxygen atoms in total. The van der Waals surface area contributed by atoms with Crippen LogP contribution in [0.3, 0.4) is 0 Å². The number of hydrogen-bond acceptors (Lipinski definition) is 6. The minimum Gasteiger partial charge on any atom is -0.455 e. The molecule has 0 atom stereocenters. The molecule has 0 bridgehead atoms. The molecule has 2 aromatic carbocycles. The van der Waals surface area contributed by atoms with Gasteiger partial charge in [-0.05, 0) is 36.8 Å². The van der Waals surface area contributed by atoms with Gasteiger partial charge in [-0.15, -0.1) is 11.8 Å². The number of ether oxygens (including phenoxy) is 1. The molecule has 0 unspecified atom stereocenters. The molecule has 0 heterocycles. The van der Waals surface area contributed by atoms with Crippen molar-refractivity contribution in [1.29, 1.82) is 0 Å². The van der Waals surface area contributed by atoms with E-state index >= 15 is 0 Å². The highest BCUT2D eigenvalue weighted by Crippen LogP contribution is 2.23. The van der Waals surface area contributed by atoms with Crippen LogP contribution in [0.1, 0.15) is 5.56 Å². The molecule has 1 amide bonds. The molecule has 1 N–H and O–H groups in total. The monoisotopic (exact) mass is 396 g/mol. The summed E-state index contributed by atoms with van der Waals surface area (Å²) in [4.78, 5) is 33.5. The second-order valence-electron chi connectivity index (χ2n) is 5.33. The van der Waals surface area contributed by atoms with Crippen molar-refractivity contribution in [2.24, 2.45) is 0 Å². The third kappa shape index (κ3) is 6.03. The number of nitro groups is 1. The van der Waals surface area contributed by atoms with E-state index in [-0.39, 0.29) is 16.3 Å². The van der Waals surface area contributed by atoms with Gasteiger partial charge in [0.1, 0.15) is 11.6 Å². The number of nitro benzene ring substituents is 1. The Bertz CT molecular complexity index is 892. The summed E-state index contributed by atoms with van der Waals surface area (Å²) >= 11 is 0.747. The Morgan fingerprint density at radius 1 is 1.22 bits per heavy atom. The predicted molar refractivity (Wildman–Crippen MR) is 94.5 cm³/mol. The lowest BCUT2D eigenvalue weighted by molar-refractivity contribution is -0.384. The molecule has 27 heavy (non-hydrogen) atoms. The maximum absolute atomic E-state index is 13.4. The van der Waals surface area contributed by atoms with Crippen molar-refractivity contribution < 1.29 is 28.0 Å². The molecule has 2 rings (SSSR count). The van der Waals surface area contributed by atoms with Crippen LogP contribution in [0.5, 0.6) is 0 Å². The number of carbonyl (C=O) groups is 2. The Labute approximate surface area is 156 Å². The largest absolute Gasteiger partial charge is 0.455 e. The summed E-state index contributed by atoms with van der Waals surface area (Å²) in [5.41, 5.74) is 0.706. The summed E-state index contributed by atoms with van der Waals surface area (Å²) in [6, 6.07) is 6.77. The van der Waals surface area contributed by atoms with Crippen molar-refractivity contribution >= 4 is 35.0 Å². The smallest absolute Gasteiger partial charge is 0.316 e. The van der Waals surface area contributed by atoms with Gasteiger partial charge in [-0.25, -0.2) is 8.78 Å². The summed E-state index contributed by atoms with van der Waals surface area (Å²) in [5, 5.41) is 13.1. The van der Waals surface area contributed by atoms with Crippen molar-refractivity contribution in [2.75, 3.05) is 17.7 Å². The standard InChI is InChI=1S/C17H14F2N2O5S/c1-10-6-12(21(24)25)3-5-14(10)20-16(22)8-26-17(23)9-27-15-7-11(18)2-4-13(15)19/h2-7H,8-9H2,1H3,(H,20,22). The SMILES string of the molecule is Cc1cc([N+](=O)[O-])ccc1NC(=O)COC(=O)CSc1cc(F)ccc1F. The van der Waals surface area contributed by atoms with E-state index < -0.39 is 35.0 Å². The van der Waals surface area contributed by atoms with Crippen molar-refractivity contribution in [3.8, 4) is 0 Å². The van der Waals surface area contributed by atoms with Crippen LogP contribution >= 0.6 is 11.8 Å². The van der Waals surface area contributed by atoms with Crippen LogP contribution in [0.2, 0.25) is 0 Å². The lowest BCUT2D eigenvalue weighted by Crippen LogP contribution is -2.22. The fourth-order valence-corrected chi connectivity index (χ4v) is 2.76. The molecule has 0 aliphatic rings. The molecule has 0 saturated heterocycles. The summed E-state index contributed by atoms with van der Waals surface area (Å²) in [5.74, 6) is -3.02. The number of esters is 1. The predicted octanol–water partition coefficient (Wildman–Crippen LogP) is 3.46. The van der Waals surface area contributed by atoms with Gasteiger partial charge in [-0.3, -0.25) is 19.7 Å². The molecule has 0 aliphatic carbocycles. The Kier molecular flexibility index (Phi) is 6.83. The van der Waals surface area contributed by atoms with Crippen LogP contribution in [0.25, 0.3) is 0 Å². The van der Waals surface area contributed by atoms with Gasteiger partial charge in [0, 0.05) is 22.7 Å². The molecular formula is C17H14F2N2O5S. The Hall–Kier alpha value is -3.01. The van der Waals surface area contributed by atoms with E-state index in [9.17, 15) is 28.5 Å². The first-order valence-corrected chi connectivity index (χ1v) is 8.53. The zero-order chi connectivity index (χ0) is 20.0. The number of nitrogens with one attached hydrogen (secondary N) is 1. The minimum atomic E-state index is -0.778. The van der Waals surface area contributed by atoms with Gasteiger partial charge in [0.25, 0.3) is 11.6 Å². The number of nitrogens with zero attached hydrogens (tertiary/aromatic N) is 1. The van der Waals surface area contributed by atoms with Gasteiger partial charge in [0.15, 0.2) is 6.61 Å². The van der Waals surface area contributed by atoms with Crippen LogP contribution in [-0.2, 0) is 14.3 Å². The topological polar surface area (TPSA) is 98.5 Å². The highest BCUT2D eigenvalue weighted by atomic mass is 32.2. The second kappa shape index (κ2) is 9.08. The maximum Gasteiger partial charge on any atom is 0.316 e. The number of anilines is 1. The summed E-state index contributed by atoms with van der Waals surface area (Å²) < 4.78 is 31.3. The van der Waals surface area contributed by atoms with E-state index in [0.29, 0.717) is 11.3 Å². The molecule has 0 radical (unpaired) electrons. The number of rotatable bonds is 7. The summed E-state index contributed by atoms with van der Waals surface area (Å²) in [7, 11) is 0. The zero-order valence-corrected chi connectivity index (χ0v) is 14.8. The second-order valence-corrected chi connectivity index (χ2v) is 6.35. The van der Waals surface area contributed by atoms with E-state index in [0.717, 1.165) is 30.0 Å². The Morgan fingerprint density at radius 3 is 2.63 bits per heavy atom. The van der Waals surface area contributed by atoms with E-state index in [1.165, 1.54) is 18.2 Å². The normalized spacial score (nSPS) is 10.3. The van der Waals surface area contributed by atoms with Gasteiger partial charge in [0.2, 0.25) is 0 Å². The van der Waals surface area contributed by atoms with E-state index in [1.807, 2.05) is 0 Å². The van der Waals surface area contributed by atoms with Crippen molar-refractivity contribution in [3.05, 3.63) is 63.7 Å². The highest BCUT2D eigenvalue weighted by molar-refractivity contribution is 8.00. The van der Waals surface area contributed by atoms with Crippen LogP contribution in [0.4, 0.5) is 20.2 Å². The molecule has 0 saturated carbocycles. The first-order chi connectivity index (χ1) is 12.8. The molecule has 10 heteroatoms. The Morgan fingerprint density at radius 2 is 1.96 bits per heavy atom. The van der Waals surface area contributed by atoms with E-state index in [2.05, 4.69) is 5.32 Å². The minimum absolute atomic E-state index is 0.0436. The van der Waals surface area contributed by atoms with Crippen molar-refractivity contribution in [3.63, 3.8) is 0 Å². The van der Waals surface area contributed by atoms with Crippen molar-refractivity contribution in [1.82, 2.24) is 0 Å². The first kappa shape index (κ1) is 20.3. The molecule has 0 fully saturated rings. The zero-order valence-electron chi connectivity index (χ0n) is 14.0. The first-order valence-electron chi connectivity index (χ1n) is 7.54. The number of carbonyl (C=O) groups excluding carboxylic acids is 2. The van der Waals surface area contributed by atoms with E-state index in [4.69, 9.17) is 4.74 Å². The maximum atomic E-state index is 13.4. The number of non-ortho nitro benzene ring substituents is 1. The molecule has 0 spiro atoms. The van der Waals surface area contributed by atoms with Crippen LogP contribution < -0.4 is 5.32 Å². The van der Waals surface area contributed by atoms with Gasteiger partial charge in [0.05, 0.1) is 10.7 Å². The van der Waals surface area contributed by atoms with Crippen LogP contribution in [0.15, 0.2) is 41.3 Å². The fourth-order valence-electron chi connectivity index (χ4n) is 2.00. The molecule has 142 valence electrons. The quantitative estimate of drug-likeness (QED) is 0.333. The third-order valence-corrected chi connectivity index (χ3v) is 4.30. The van der Waals surface area contributed by atoms with Crippen LogP contribution in [-0.4, -0.2) is 29.2 Å². The Balaban J connectivity index is 1.82. The lowest BCUT2D eigenvalue weighted by Gasteiger charge is -2.09. The summed E-state index contributed by atoms with van der Waals surface area (Å²) in [6.07, 6.45) is 0. The van der Waals surface area contributed by atoms with Gasteiger partial charge >= 0.3 is 5.97 Å². The van der Waals surface area contributed by atoms with Crippen LogP contribution in [0, 0.1) is 28.7 Å². The molecule has 0 aromatic heterocycles. The van der Waals surface area contributed by atoms with Gasteiger partial charge in [-0.2, -0.15) is 0 Å². The average molecular weight is 396 g/mol. The van der Waals surface area contributed by atoms with Crippen molar-refractivity contribution in [2.45, 2.75) is 11.8 Å². The van der Waals surface area contributed by atoms with Gasteiger partial charge < -0.3 is 10.1 Å². The average Bonchev–Trinajstić information content (AvgIpc) is 2.62. The van der Waals surface area contributed by atoms with E-state index in [1.54, 1.807) is 6.92 Å². The third-order valence-electron chi connectivity index (χ3n) is 3.30. The number of thioether (sulfide) groups is 1. The number of benzene rings is 2. The highest BCUT2D eigenvalue weighted by Gasteiger charge is 2.13.